The molecule has 0 amide bonds. The molecule has 3 nitrogen and oxygen atoms in total. The van der Waals surface area contributed by atoms with Crippen LogP contribution in [-0.2, 0) is 0 Å². The van der Waals surface area contributed by atoms with E-state index in [-0.39, 0.29) is 24.0 Å². The number of halogens is 1. The van der Waals surface area contributed by atoms with Crippen LogP contribution in [0.5, 0.6) is 0 Å². The molecule has 1 atom stereocenters. The monoisotopic (exact) mass is 351 g/mol. The van der Waals surface area contributed by atoms with Gasteiger partial charge in [-0.3, -0.25) is 4.99 Å². The van der Waals surface area contributed by atoms with Crippen LogP contribution in [0.1, 0.15) is 33.1 Å². The Kier molecular flexibility index (Phi) is 9.59. The summed E-state index contributed by atoms with van der Waals surface area (Å²) >= 11 is 0. The molecule has 17 heavy (non-hydrogen) atoms. The van der Waals surface area contributed by atoms with Crippen LogP contribution in [0.4, 0.5) is 0 Å². The molecule has 0 spiro atoms. The molecule has 1 aliphatic heterocycles. The third-order valence-electron chi connectivity index (χ3n) is 3.00. The molecule has 0 aliphatic carbocycles. The quantitative estimate of drug-likeness (QED) is 0.278. The Bertz CT molecular complexity index is 251. The van der Waals surface area contributed by atoms with Gasteiger partial charge in [0.1, 0.15) is 0 Å². The van der Waals surface area contributed by atoms with E-state index in [1.54, 1.807) is 0 Å². The Morgan fingerprint density at radius 2 is 2.29 bits per heavy atom. The molecule has 1 fully saturated rings. The smallest absolute Gasteiger partial charge is 0.193 e. The lowest BCUT2D eigenvalue weighted by Gasteiger charge is -2.33. The highest BCUT2D eigenvalue weighted by molar-refractivity contribution is 14.0. The van der Waals surface area contributed by atoms with Crippen LogP contribution >= 0.6 is 24.0 Å². The highest BCUT2D eigenvalue weighted by atomic mass is 127. The van der Waals surface area contributed by atoms with Gasteiger partial charge in [0.05, 0.1) is 0 Å². The third-order valence-corrected chi connectivity index (χ3v) is 3.00. The molecular weight excluding hydrogens is 325 g/mol. The summed E-state index contributed by atoms with van der Waals surface area (Å²) in [6.07, 6.45) is 7.98. The van der Waals surface area contributed by atoms with Gasteiger partial charge >= 0.3 is 0 Å². The maximum Gasteiger partial charge on any atom is 0.193 e. The Morgan fingerprint density at radius 1 is 1.53 bits per heavy atom. The maximum absolute atomic E-state index is 4.35. The first-order valence-electron chi connectivity index (χ1n) is 6.34. The van der Waals surface area contributed by atoms with Crippen LogP contribution < -0.4 is 5.32 Å². The van der Waals surface area contributed by atoms with Crippen LogP contribution in [0.15, 0.2) is 17.1 Å². The number of hydrogen-bond acceptors (Lipinski definition) is 1. The van der Waals surface area contributed by atoms with Crippen molar-refractivity contribution in [3.8, 4) is 0 Å². The Hall–Kier alpha value is -0.260. The average Bonchev–Trinajstić information content (AvgIpc) is 2.29. The molecule has 100 valence electrons. The van der Waals surface area contributed by atoms with E-state index >= 15 is 0 Å². The number of allylic oxidation sites excluding steroid dienone is 1. The fraction of sp³-hybridized carbons (Fsp3) is 0.769. The Balaban J connectivity index is 0.00000256. The highest BCUT2D eigenvalue weighted by Gasteiger charge is 2.18. The second kappa shape index (κ2) is 9.74. The second-order valence-corrected chi connectivity index (χ2v) is 4.53. The summed E-state index contributed by atoms with van der Waals surface area (Å²) < 4.78 is 0. The van der Waals surface area contributed by atoms with E-state index in [9.17, 15) is 0 Å². The third kappa shape index (κ3) is 6.29. The summed E-state index contributed by atoms with van der Waals surface area (Å²) in [6.45, 7) is 7.64. The minimum absolute atomic E-state index is 0. The van der Waals surface area contributed by atoms with Gasteiger partial charge in [0, 0.05) is 26.7 Å². The molecule has 1 N–H and O–H groups in total. The first-order chi connectivity index (χ1) is 7.77. The summed E-state index contributed by atoms with van der Waals surface area (Å²) in [4.78, 5) is 6.73. The van der Waals surface area contributed by atoms with Crippen molar-refractivity contribution in [3.05, 3.63) is 12.2 Å². The number of rotatable bonds is 3. The number of guanidine groups is 1. The topological polar surface area (TPSA) is 27.6 Å². The average molecular weight is 351 g/mol. The van der Waals surface area contributed by atoms with Crippen molar-refractivity contribution in [2.45, 2.75) is 33.1 Å². The minimum Gasteiger partial charge on any atom is -0.356 e. The summed E-state index contributed by atoms with van der Waals surface area (Å²) in [5.41, 5.74) is 0. The second-order valence-electron chi connectivity index (χ2n) is 4.53. The van der Waals surface area contributed by atoms with E-state index < -0.39 is 0 Å². The number of aliphatic imine (C=N–C) groups is 1. The summed E-state index contributed by atoms with van der Waals surface area (Å²) in [5, 5.41) is 3.42. The molecular formula is C13H26IN3. The molecule has 1 aliphatic rings. The SMILES string of the molecule is CC=CCCNC(=NC)N1CCCC(C)C1.I. The van der Waals surface area contributed by atoms with Gasteiger partial charge < -0.3 is 10.2 Å². The van der Waals surface area contributed by atoms with Gasteiger partial charge in [-0.15, -0.1) is 24.0 Å². The zero-order valence-corrected chi connectivity index (χ0v) is 13.6. The Morgan fingerprint density at radius 3 is 2.88 bits per heavy atom. The number of likely N-dealkylation sites (tertiary alicyclic amines) is 1. The number of nitrogens with one attached hydrogen (secondary N) is 1. The van der Waals surface area contributed by atoms with Gasteiger partial charge in [0.15, 0.2) is 5.96 Å². The molecule has 0 saturated carbocycles. The van der Waals surface area contributed by atoms with Crippen LogP contribution in [0.25, 0.3) is 0 Å². The minimum atomic E-state index is 0. The highest BCUT2D eigenvalue weighted by Crippen LogP contribution is 2.15. The molecule has 0 radical (unpaired) electrons. The van der Waals surface area contributed by atoms with Gasteiger partial charge in [-0.25, -0.2) is 0 Å². The predicted octanol–water partition coefficient (Wildman–Crippen LogP) is 2.88. The normalized spacial score (nSPS) is 21.5. The van der Waals surface area contributed by atoms with E-state index in [4.69, 9.17) is 0 Å². The van der Waals surface area contributed by atoms with Gasteiger partial charge in [0.25, 0.3) is 0 Å². The van der Waals surface area contributed by atoms with Crippen LogP contribution in [-0.4, -0.2) is 37.5 Å². The summed E-state index contributed by atoms with van der Waals surface area (Å²) in [6, 6.07) is 0. The molecule has 4 heteroatoms. The van der Waals surface area contributed by atoms with Crippen LogP contribution in [0.2, 0.25) is 0 Å². The zero-order chi connectivity index (χ0) is 11.8. The molecule has 1 heterocycles. The van der Waals surface area contributed by atoms with Crippen molar-refractivity contribution < 1.29 is 0 Å². The molecule has 0 aromatic rings. The van der Waals surface area contributed by atoms with Crippen molar-refractivity contribution in [1.82, 2.24) is 10.2 Å². The summed E-state index contributed by atoms with van der Waals surface area (Å²) in [5.74, 6) is 1.86. The maximum atomic E-state index is 4.35. The van der Waals surface area contributed by atoms with Crippen molar-refractivity contribution in [2.24, 2.45) is 10.9 Å². The first kappa shape index (κ1) is 16.7. The lowest BCUT2D eigenvalue weighted by Crippen LogP contribution is -2.46. The van der Waals surface area contributed by atoms with Gasteiger partial charge in [-0.05, 0) is 32.1 Å². The zero-order valence-electron chi connectivity index (χ0n) is 11.3. The number of hydrogen-bond donors (Lipinski definition) is 1. The van der Waals surface area contributed by atoms with E-state index in [1.165, 1.54) is 12.8 Å². The standard InChI is InChI=1S/C13H25N3.HI/c1-4-5-6-9-15-13(14-3)16-10-7-8-12(2)11-16;/h4-5,12H,6-11H2,1-3H3,(H,14,15);1H. The lowest BCUT2D eigenvalue weighted by molar-refractivity contribution is 0.266. The van der Waals surface area contributed by atoms with Crippen molar-refractivity contribution in [2.75, 3.05) is 26.7 Å². The molecule has 0 aromatic heterocycles. The molecule has 0 bridgehead atoms. The van der Waals surface area contributed by atoms with E-state index in [0.717, 1.165) is 37.9 Å². The van der Waals surface area contributed by atoms with Crippen LogP contribution in [0, 0.1) is 5.92 Å². The van der Waals surface area contributed by atoms with Crippen molar-refractivity contribution in [1.29, 1.82) is 0 Å². The van der Waals surface area contributed by atoms with Gasteiger partial charge in [0.2, 0.25) is 0 Å². The predicted molar refractivity (Wildman–Crippen MR) is 86.2 cm³/mol. The van der Waals surface area contributed by atoms with E-state index in [2.05, 4.69) is 41.2 Å². The van der Waals surface area contributed by atoms with E-state index in [0.29, 0.717) is 0 Å². The first-order valence-corrected chi connectivity index (χ1v) is 6.34. The van der Waals surface area contributed by atoms with Crippen molar-refractivity contribution >= 4 is 29.9 Å². The molecule has 1 rings (SSSR count). The van der Waals surface area contributed by atoms with Crippen LogP contribution in [0.3, 0.4) is 0 Å². The molecule has 1 unspecified atom stereocenters. The number of piperidine rings is 1. The molecule has 1 saturated heterocycles. The van der Waals surface area contributed by atoms with Crippen molar-refractivity contribution in [3.63, 3.8) is 0 Å². The fourth-order valence-corrected chi connectivity index (χ4v) is 2.15. The Labute approximate surface area is 123 Å². The lowest BCUT2D eigenvalue weighted by atomic mass is 10.0. The van der Waals surface area contributed by atoms with Gasteiger partial charge in [-0.1, -0.05) is 19.1 Å². The van der Waals surface area contributed by atoms with Gasteiger partial charge in [-0.2, -0.15) is 0 Å². The fourth-order valence-electron chi connectivity index (χ4n) is 2.15. The number of nitrogens with zero attached hydrogens (tertiary/aromatic N) is 2. The van der Waals surface area contributed by atoms with E-state index in [1.807, 2.05) is 7.05 Å². The largest absolute Gasteiger partial charge is 0.356 e. The molecule has 0 aromatic carbocycles. The summed E-state index contributed by atoms with van der Waals surface area (Å²) in [7, 11) is 1.87.